The highest BCUT2D eigenvalue weighted by Gasteiger charge is 2.43. The van der Waals surface area contributed by atoms with Crippen LogP contribution in [0.1, 0.15) is 75.3 Å². The van der Waals surface area contributed by atoms with Gasteiger partial charge in [0.25, 0.3) is 5.91 Å². The maximum Gasteiger partial charge on any atom is 0.272 e. The third kappa shape index (κ3) is 4.87. The molecule has 1 aliphatic heterocycles. The lowest BCUT2D eigenvalue weighted by molar-refractivity contribution is -0.139. The first-order valence-electron chi connectivity index (χ1n) is 10.5. The molecule has 28 heavy (non-hydrogen) atoms. The lowest BCUT2D eigenvalue weighted by Crippen LogP contribution is -2.60. The standard InChI is InChI=1S/C20H33N5O2.ClH/c1-3-24(4-2)19(27)20(11-6-5-7-12-20)22-18(26)17-10-14-25(23-17)16-9-8-13-21-15-16;/h10,14,16,21H,3-9,11-13,15H2,1-2H3,(H,22,26);1H. The third-order valence-electron chi connectivity index (χ3n) is 6.01. The Morgan fingerprint density at radius 1 is 1.25 bits per heavy atom. The molecule has 1 saturated carbocycles. The zero-order chi connectivity index (χ0) is 19.3. The zero-order valence-electron chi connectivity index (χ0n) is 17.1. The summed E-state index contributed by atoms with van der Waals surface area (Å²) in [4.78, 5) is 28.0. The van der Waals surface area contributed by atoms with Gasteiger partial charge in [0.1, 0.15) is 11.2 Å². The molecule has 1 aliphatic carbocycles. The Hall–Kier alpha value is -1.60. The van der Waals surface area contributed by atoms with Crippen LogP contribution in [0.5, 0.6) is 0 Å². The van der Waals surface area contributed by atoms with Crippen LogP contribution in [0.25, 0.3) is 0 Å². The molecule has 0 radical (unpaired) electrons. The molecule has 1 unspecified atom stereocenters. The Bertz CT molecular complexity index is 647. The van der Waals surface area contributed by atoms with E-state index in [-0.39, 0.29) is 24.2 Å². The minimum atomic E-state index is -0.780. The smallest absolute Gasteiger partial charge is 0.272 e. The summed E-state index contributed by atoms with van der Waals surface area (Å²) in [5.41, 5.74) is -0.379. The molecule has 1 aromatic heterocycles. The molecule has 1 atom stereocenters. The highest BCUT2D eigenvalue weighted by molar-refractivity contribution is 5.98. The normalized spacial score (nSPS) is 21.4. The van der Waals surface area contributed by atoms with E-state index in [4.69, 9.17) is 0 Å². The van der Waals surface area contributed by atoms with Gasteiger partial charge in [0.2, 0.25) is 5.91 Å². The predicted molar refractivity (Wildman–Crippen MR) is 112 cm³/mol. The summed E-state index contributed by atoms with van der Waals surface area (Å²) in [6, 6.07) is 2.06. The number of piperidine rings is 1. The second-order valence-electron chi connectivity index (χ2n) is 7.76. The molecule has 2 amide bonds. The van der Waals surface area contributed by atoms with Gasteiger partial charge in [-0.2, -0.15) is 5.10 Å². The second-order valence-corrected chi connectivity index (χ2v) is 7.76. The van der Waals surface area contributed by atoms with Gasteiger partial charge < -0.3 is 15.5 Å². The van der Waals surface area contributed by atoms with Gasteiger partial charge in [-0.25, -0.2) is 0 Å². The van der Waals surface area contributed by atoms with Crippen molar-refractivity contribution in [1.82, 2.24) is 25.3 Å². The number of carbonyl (C=O) groups is 2. The number of amides is 2. The molecule has 7 nitrogen and oxygen atoms in total. The summed E-state index contributed by atoms with van der Waals surface area (Å²) in [7, 11) is 0. The fourth-order valence-corrected chi connectivity index (χ4v) is 4.36. The number of hydrogen-bond donors (Lipinski definition) is 2. The van der Waals surface area contributed by atoms with E-state index >= 15 is 0 Å². The highest BCUT2D eigenvalue weighted by atomic mass is 35.5. The topological polar surface area (TPSA) is 79.3 Å². The first-order chi connectivity index (χ1) is 13.1. The van der Waals surface area contributed by atoms with Crippen LogP contribution >= 0.6 is 12.4 Å². The number of likely N-dealkylation sites (N-methyl/N-ethyl adjacent to an activating group) is 1. The Morgan fingerprint density at radius 3 is 2.57 bits per heavy atom. The average Bonchev–Trinajstić information content (AvgIpc) is 3.21. The van der Waals surface area contributed by atoms with E-state index in [0.717, 1.165) is 45.2 Å². The molecule has 158 valence electrons. The molecule has 0 aromatic carbocycles. The molecule has 1 saturated heterocycles. The number of nitrogens with zero attached hydrogens (tertiary/aromatic N) is 3. The van der Waals surface area contributed by atoms with E-state index in [1.165, 1.54) is 0 Å². The molecule has 2 aliphatic rings. The molecule has 1 aromatic rings. The van der Waals surface area contributed by atoms with E-state index < -0.39 is 5.54 Å². The summed E-state index contributed by atoms with van der Waals surface area (Å²) < 4.78 is 1.89. The summed E-state index contributed by atoms with van der Waals surface area (Å²) in [5.74, 6) is -0.184. The van der Waals surface area contributed by atoms with Gasteiger partial charge in [0, 0.05) is 25.8 Å². The Morgan fingerprint density at radius 2 is 1.96 bits per heavy atom. The molecule has 2 N–H and O–H groups in total. The minimum Gasteiger partial charge on any atom is -0.341 e. The monoisotopic (exact) mass is 411 g/mol. The first kappa shape index (κ1) is 22.7. The number of rotatable bonds is 6. The molecule has 0 spiro atoms. The first-order valence-corrected chi connectivity index (χ1v) is 10.5. The molecule has 2 fully saturated rings. The fourth-order valence-electron chi connectivity index (χ4n) is 4.36. The van der Waals surface area contributed by atoms with Crippen molar-refractivity contribution in [2.75, 3.05) is 26.2 Å². The second kappa shape index (κ2) is 10.3. The highest BCUT2D eigenvalue weighted by Crippen LogP contribution is 2.30. The molecular formula is C20H34ClN5O2. The maximum absolute atomic E-state index is 13.2. The average molecular weight is 412 g/mol. The van der Waals surface area contributed by atoms with E-state index in [0.29, 0.717) is 37.7 Å². The number of halogens is 1. The summed E-state index contributed by atoms with van der Waals surface area (Å²) in [6.45, 7) is 7.22. The van der Waals surface area contributed by atoms with Crippen molar-refractivity contribution in [3.8, 4) is 0 Å². The van der Waals surface area contributed by atoms with Crippen LogP contribution in [0.15, 0.2) is 12.3 Å². The van der Waals surface area contributed by atoms with Crippen molar-refractivity contribution in [2.45, 2.75) is 70.4 Å². The van der Waals surface area contributed by atoms with Crippen molar-refractivity contribution in [2.24, 2.45) is 0 Å². The number of carbonyl (C=O) groups excluding carboxylic acids is 2. The van der Waals surface area contributed by atoms with Crippen molar-refractivity contribution < 1.29 is 9.59 Å². The fraction of sp³-hybridized carbons (Fsp3) is 0.750. The molecule has 3 rings (SSSR count). The number of hydrogen-bond acceptors (Lipinski definition) is 4. The Balaban J connectivity index is 0.00000280. The lowest BCUT2D eigenvalue weighted by atomic mass is 9.80. The molecule has 2 heterocycles. The van der Waals surface area contributed by atoms with E-state index in [1.54, 1.807) is 6.07 Å². The molecular weight excluding hydrogens is 378 g/mol. The van der Waals surface area contributed by atoms with Crippen molar-refractivity contribution in [3.63, 3.8) is 0 Å². The predicted octanol–water partition coefficient (Wildman–Crippen LogP) is 2.53. The van der Waals surface area contributed by atoms with Gasteiger partial charge in [-0.1, -0.05) is 19.3 Å². The van der Waals surface area contributed by atoms with Gasteiger partial charge >= 0.3 is 0 Å². The van der Waals surface area contributed by atoms with Crippen LogP contribution in [0.2, 0.25) is 0 Å². The number of aromatic nitrogens is 2. The van der Waals surface area contributed by atoms with E-state index in [1.807, 2.05) is 29.6 Å². The van der Waals surface area contributed by atoms with Crippen LogP contribution in [-0.4, -0.2) is 58.2 Å². The van der Waals surface area contributed by atoms with Crippen molar-refractivity contribution >= 4 is 24.2 Å². The largest absolute Gasteiger partial charge is 0.341 e. The van der Waals surface area contributed by atoms with Crippen molar-refractivity contribution in [3.05, 3.63) is 18.0 Å². The third-order valence-corrected chi connectivity index (χ3v) is 6.01. The Kier molecular flexibility index (Phi) is 8.31. The van der Waals surface area contributed by atoms with E-state index in [9.17, 15) is 9.59 Å². The van der Waals surface area contributed by atoms with Crippen LogP contribution in [-0.2, 0) is 4.79 Å². The summed E-state index contributed by atoms with van der Waals surface area (Å²) in [6.07, 6.45) is 8.54. The molecule has 0 bridgehead atoms. The maximum atomic E-state index is 13.2. The van der Waals surface area contributed by atoms with Crippen LogP contribution in [0.3, 0.4) is 0 Å². The van der Waals surface area contributed by atoms with Crippen LogP contribution in [0, 0.1) is 0 Å². The summed E-state index contributed by atoms with van der Waals surface area (Å²) >= 11 is 0. The van der Waals surface area contributed by atoms with Crippen LogP contribution < -0.4 is 10.6 Å². The SMILES string of the molecule is CCN(CC)C(=O)C1(NC(=O)c2ccn(C3CCCNC3)n2)CCCCC1.Cl. The van der Waals surface area contributed by atoms with Gasteiger partial charge in [-0.3, -0.25) is 14.3 Å². The molecule has 8 heteroatoms. The van der Waals surface area contributed by atoms with Gasteiger partial charge in [0.05, 0.1) is 6.04 Å². The summed E-state index contributed by atoms with van der Waals surface area (Å²) in [5, 5.41) is 11.0. The van der Waals surface area contributed by atoms with Gasteiger partial charge in [-0.15, -0.1) is 12.4 Å². The van der Waals surface area contributed by atoms with Crippen molar-refractivity contribution in [1.29, 1.82) is 0 Å². The van der Waals surface area contributed by atoms with Crippen LogP contribution in [0.4, 0.5) is 0 Å². The number of nitrogens with one attached hydrogen (secondary N) is 2. The van der Waals surface area contributed by atoms with Gasteiger partial charge in [0.15, 0.2) is 0 Å². The Labute approximate surface area is 174 Å². The van der Waals surface area contributed by atoms with E-state index in [2.05, 4.69) is 15.7 Å². The lowest BCUT2D eigenvalue weighted by Gasteiger charge is -2.39. The quantitative estimate of drug-likeness (QED) is 0.753. The zero-order valence-corrected chi connectivity index (χ0v) is 17.9. The van der Waals surface area contributed by atoms with Gasteiger partial charge in [-0.05, 0) is 52.1 Å². The minimum absolute atomic E-state index is 0.